The highest BCUT2D eigenvalue weighted by Crippen LogP contribution is 2.32. The molecule has 146 valence electrons. The largest absolute Gasteiger partial charge is 0.363 e. The van der Waals surface area contributed by atoms with Gasteiger partial charge in [0.15, 0.2) is 0 Å². The summed E-state index contributed by atoms with van der Waals surface area (Å²) in [5.74, 6) is -1.76. The Hall–Kier alpha value is -3.30. The molecule has 1 aromatic heterocycles. The molecule has 0 unspecified atom stereocenters. The topological polar surface area (TPSA) is 81.0 Å². The number of nitrogens with one attached hydrogen (secondary N) is 1. The molecule has 1 atom stereocenters. The summed E-state index contributed by atoms with van der Waals surface area (Å²) in [5, 5.41) is 14.0. The third kappa shape index (κ3) is 3.57. The van der Waals surface area contributed by atoms with Crippen LogP contribution < -0.4 is 5.32 Å². The zero-order chi connectivity index (χ0) is 20.6. The number of nitrogens with zero attached hydrogens (tertiary/aromatic N) is 3. The van der Waals surface area contributed by atoms with Crippen molar-refractivity contribution in [3.05, 3.63) is 69.0 Å². The van der Waals surface area contributed by atoms with Gasteiger partial charge in [-0.15, -0.1) is 0 Å². The first-order chi connectivity index (χ1) is 13.2. The second-order valence-electron chi connectivity index (χ2n) is 6.11. The van der Waals surface area contributed by atoms with Crippen molar-refractivity contribution < 1.29 is 22.5 Å². The van der Waals surface area contributed by atoms with Crippen molar-refractivity contribution >= 4 is 22.4 Å². The van der Waals surface area contributed by atoms with Crippen LogP contribution in [0.2, 0.25) is 0 Å². The summed E-state index contributed by atoms with van der Waals surface area (Å²) in [7, 11) is 0. The zero-order valence-corrected chi connectivity index (χ0v) is 14.7. The van der Waals surface area contributed by atoms with E-state index in [0.29, 0.717) is 0 Å². The van der Waals surface area contributed by atoms with Gasteiger partial charge in [-0.25, -0.2) is 23.1 Å². The molecule has 0 spiro atoms. The summed E-state index contributed by atoms with van der Waals surface area (Å²) >= 11 is 0. The second kappa shape index (κ2) is 7.37. The molecule has 1 N–H and O–H groups in total. The first kappa shape index (κ1) is 19.5. The quantitative estimate of drug-likeness (QED) is 0.364. The number of benzene rings is 2. The number of halogens is 4. The smallest absolute Gasteiger partial charge is 0.305 e. The van der Waals surface area contributed by atoms with Crippen LogP contribution in [0.15, 0.2) is 30.3 Å². The van der Waals surface area contributed by atoms with Gasteiger partial charge in [-0.05, 0) is 13.8 Å². The molecule has 0 aliphatic carbocycles. The lowest BCUT2D eigenvalue weighted by molar-refractivity contribution is -0.387. The number of fused-ring (bicyclic) bond motifs is 1. The van der Waals surface area contributed by atoms with E-state index in [1.54, 1.807) is 0 Å². The van der Waals surface area contributed by atoms with Gasteiger partial charge in [0.2, 0.25) is 5.82 Å². The molecular formula is C18H14F4N4O2. The summed E-state index contributed by atoms with van der Waals surface area (Å²) in [4.78, 5) is 18.3. The SMILES string of the molecule is Cc1nc(N[C@H](C)c2cccc(C(F)F)c2F)c2cc([N+](=O)[O-])c(F)cc2n1. The van der Waals surface area contributed by atoms with Crippen LogP contribution in [0, 0.1) is 28.7 Å². The van der Waals surface area contributed by atoms with Crippen LogP contribution in [-0.4, -0.2) is 14.9 Å². The van der Waals surface area contributed by atoms with Crippen molar-refractivity contribution in [2.75, 3.05) is 5.32 Å². The van der Waals surface area contributed by atoms with Gasteiger partial charge in [0.05, 0.1) is 22.0 Å². The number of alkyl halides is 2. The lowest BCUT2D eigenvalue weighted by Gasteiger charge is -2.18. The molecule has 0 amide bonds. The predicted octanol–water partition coefficient (Wildman–Crippen LogP) is 5.24. The Kier molecular flexibility index (Phi) is 5.12. The normalized spacial score (nSPS) is 12.4. The zero-order valence-electron chi connectivity index (χ0n) is 14.7. The minimum atomic E-state index is -2.97. The highest BCUT2D eigenvalue weighted by Gasteiger charge is 2.22. The number of nitro groups is 1. The van der Waals surface area contributed by atoms with E-state index >= 15 is 0 Å². The fraction of sp³-hybridized carbons (Fsp3) is 0.222. The van der Waals surface area contributed by atoms with E-state index in [1.807, 2.05) is 0 Å². The number of hydrogen-bond donors (Lipinski definition) is 1. The molecule has 0 saturated heterocycles. The second-order valence-corrected chi connectivity index (χ2v) is 6.11. The number of aryl methyl sites for hydroxylation is 1. The van der Waals surface area contributed by atoms with Gasteiger partial charge in [-0.1, -0.05) is 18.2 Å². The number of nitro benzene ring substituents is 1. The maximum atomic E-state index is 14.4. The minimum absolute atomic E-state index is 0.0289. The Morgan fingerprint density at radius 2 is 1.82 bits per heavy atom. The van der Waals surface area contributed by atoms with E-state index in [0.717, 1.165) is 18.2 Å². The average molecular weight is 394 g/mol. The van der Waals surface area contributed by atoms with Gasteiger partial charge in [0.1, 0.15) is 17.5 Å². The van der Waals surface area contributed by atoms with Crippen molar-refractivity contribution in [1.82, 2.24) is 9.97 Å². The lowest BCUT2D eigenvalue weighted by atomic mass is 10.0. The Morgan fingerprint density at radius 1 is 1.14 bits per heavy atom. The van der Waals surface area contributed by atoms with Crippen molar-refractivity contribution in [2.24, 2.45) is 0 Å². The van der Waals surface area contributed by atoms with Crippen LogP contribution in [0.5, 0.6) is 0 Å². The lowest BCUT2D eigenvalue weighted by Crippen LogP contribution is -2.12. The van der Waals surface area contributed by atoms with E-state index in [1.165, 1.54) is 26.0 Å². The van der Waals surface area contributed by atoms with Crippen molar-refractivity contribution in [3.63, 3.8) is 0 Å². The number of rotatable bonds is 5. The summed E-state index contributed by atoms with van der Waals surface area (Å²) in [6.07, 6.45) is -2.97. The molecule has 2 aromatic carbocycles. The predicted molar refractivity (Wildman–Crippen MR) is 94.3 cm³/mol. The fourth-order valence-corrected chi connectivity index (χ4v) is 2.86. The first-order valence-electron chi connectivity index (χ1n) is 8.14. The molecule has 0 saturated carbocycles. The number of aromatic nitrogens is 2. The number of hydrogen-bond acceptors (Lipinski definition) is 5. The fourth-order valence-electron chi connectivity index (χ4n) is 2.86. The van der Waals surface area contributed by atoms with Crippen LogP contribution in [0.3, 0.4) is 0 Å². The standard InChI is InChI=1S/C18H14F4N4O2/c1-8(10-4-3-5-11(16(10)20)17(21)22)23-18-12-6-15(26(27)28)13(19)7-14(12)24-9(2)25-18/h3-8,17H,1-2H3,(H,23,24,25)/t8-/m1/s1. The van der Waals surface area contributed by atoms with Gasteiger partial charge < -0.3 is 5.32 Å². The summed E-state index contributed by atoms with van der Waals surface area (Å²) in [6, 6.07) is 4.73. The molecule has 3 aromatic rings. The van der Waals surface area contributed by atoms with E-state index < -0.39 is 40.3 Å². The van der Waals surface area contributed by atoms with E-state index in [2.05, 4.69) is 15.3 Å². The molecule has 0 aliphatic rings. The van der Waals surface area contributed by atoms with Gasteiger partial charge in [0.25, 0.3) is 6.43 Å². The molecule has 0 fully saturated rings. The highest BCUT2D eigenvalue weighted by molar-refractivity contribution is 5.91. The molecule has 28 heavy (non-hydrogen) atoms. The summed E-state index contributed by atoms with van der Waals surface area (Å²) in [6.45, 7) is 3.06. The van der Waals surface area contributed by atoms with E-state index in [9.17, 15) is 27.7 Å². The van der Waals surface area contributed by atoms with Gasteiger partial charge in [0, 0.05) is 23.1 Å². The maximum absolute atomic E-state index is 14.4. The van der Waals surface area contributed by atoms with E-state index in [4.69, 9.17) is 0 Å². The Bertz CT molecular complexity index is 1080. The van der Waals surface area contributed by atoms with Crippen molar-refractivity contribution in [3.8, 4) is 0 Å². The summed E-state index contributed by atoms with van der Waals surface area (Å²) in [5.41, 5.74) is -1.40. The molecule has 0 aliphatic heterocycles. The third-order valence-corrected chi connectivity index (χ3v) is 4.19. The molecule has 0 radical (unpaired) electrons. The number of anilines is 1. The Labute approximate surface area is 156 Å². The minimum Gasteiger partial charge on any atom is -0.363 e. The van der Waals surface area contributed by atoms with E-state index in [-0.39, 0.29) is 28.1 Å². The van der Waals surface area contributed by atoms with Crippen molar-refractivity contribution in [1.29, 1.82) is 0 Å². The highest BCUT2D eigenvalue weighted by atomic mass is 19.3. The molecule has 3 rings (SSSR count). The van der Waals surface area contributed by atoms with Gasteiger partial charge >= 0.3 is 5.69 Å². The van der Waals surface area contributed by atoms with Crippen LogP contribution in [0.25, 0.3) is 10.9 Å². The first-order valence-corrected chi connectivity index (χ1v) is 8.14. The molecule has 10 heteroatoms. The molecule has 0 bridgehead atoms. The van der Waals surface area contributed by atoms with Crippen molar-refractivity contribution in [2.45, 2.75) is 26.3 Å². The summed E-state index contributed by atoms with van der Waals surface area (Å²) < 4.78 is 54.2. The maximum Gasteiger partial charge on any atom is 0.305 e. The molecule has 1 heterocycles. The monoisotopic (exact) mass is 394 g/mol. The Morgan fingerprint density at radius 3 is 2.46 bits per heavy atom. The molecular weight excluding hydrogens is 380 g/mol. The Balaban J connectivity index is 2.08. The van der Waals surface area contributed by atoms with Crippen LogP contribution in [0.4, 0.5) is 29.1 Å². The van der Waals surface area contributed by atoms with Crippen LogP contribution in [0.1, 0.15) is 36.3 Å². The van der Waals surface area contributed by atoms with Crippen LogP contribution in [-0.2, 0) is 0 Å². The third-order valence-electron chi connectivity index (χ3n) is 4.19. The van der Waals surface area contributed by atoms with Crippen LogP contribution >= 0.6 is 0 Å². The molecule has 6 nitrogen and oxygen atoms in total. The van der Waals surface area contributed by atoms with Gasteiger partial charge in [-0.3, -0.25) is 10.1 Å². The van der Waals surface area contributed by atoms with Gasteiger partial charge in [-0.2, -0.15) is 4.39 Å². The average Bonchev–Trinajstić information content (AvgIpc) is 2.60.